The summed E-state index contributed by atoms with van der Waals surface area (Å²) in [4.78, 5) is 0. The van der Waals surface area contributed by atoms with E-state index in [0.717, 1.165) is 30.9 Å². The highest BCUT2D eigenvalue weighted by Gasteiger charge is 2.32. The summed E-state index contributed by atoms with van der Waals surface area (Å²) >= 11 is 0. The third kappa shape index (κ3) is 1.09. The van der Waals surface area contributed by atoms with Crippen molar-refractivity contribution in [2.45, 2.75) is 44.2 Å². The van der Waals surface area contributed by atoms with Gasteiger partial charge in [0.2, 0.25) is 0 Å². The smallest absolute Gasteiger partial charge is 0.137 e. The number of fused-ring (bicyclic) bond motifs is 1. The summed E-state index contributed by atoms with van der Waals surface area (Å²) in [6.45, 7) is 0. The number of nitrogens with zero attached hydrogens (tertiary/aromatic N) is 3. The summed E-state index contributed by atoms with van der Waals surface area (Å²) in [5, 5.41) is 8.44. The van der Waals surface area contributed by atoms with E-state index >= 15 is 0 Å². The molecule has 4 heteroatoms. The lowest BCUT2D eigenvalue weighted by molar-refractivity contribution is 0.397. The predicted octanol–water partition coefficient (Wildman–Crippen LogP) is 0.949. The maximum absolute atomic E-state index is 6.04. The van der Waals surface area contributed by atoms with E-state index in [-0.39, 0.29) is 6.17 Å². The first-order valence-electron chi connectivity index (χ1n) is 5.05. The van der Waals surface area contributed by atoms with Crippen LogP contribution in [0.4, 0.5) is 0 Å². The van der Waals surface area contributed by atoms with Crippen LogP contribution in [0.3, 0.4) is 0 Å². The largest absolute Gasteiger partial charge is 0.311 e. The first-order valence-corrected chi connectivity index (χ1v) is 5.05. The molecular weight excluding hydrogens is 164 g/mol. The Labute approximate surface area is 77.1 Å². The number of aromatic nitrogens is 3. The number of aryl methyl sites for hydroxylation is 1. The van der Waals surface area contributed by atoms with Crippen LogP contribution >= 0.6 is 0 Å². The van der Waals surface area contributed by atoms with Crippen LogP contribution in [0.5, 0.6) is 0 Å². The molecule has 0 radical (unpaired) electrons. The van der Waals surface area contributed by atoms with Crippen LogP contribution in [0, 0.1) is 0 Å². The average Bonchev–Trinajstić information content (AvgIpc) is 2.87. The van der Waals surface area contributed by atoms with E-state index in [1.165, 1.54) is 12.8 Å². The van der Waals surface area contributed by atoms with Gasteiger partial charge in [0.1, 0.15) is 11.6 Å². The van der Waals surface area contributed by atoms with Gasteiger partial charge in [-0.1, -0.05) is 0 Å². The van der Waals surface area contributed by atoms with Crippen molar-refractivity contribution in [1.82, 2.24) is 14.8 Å². The van der Waals surface area contributed by atoms with E-state index in [2.05, 4.69) is 14.8 Å². The molecule has 1 aromatic rings. The van der Waals surface area contributed by atoms with E-state index in [4.69, 9.17) is 5.73 Å². The lowest BCUT2D eigenvalue weighted by Gasteiger charge is -2.22. The summed E-state index contributed by atoms with van der Waals surface area (Å²) in [6.07, 6.45) is 5.95. The molecule has 2 N–H and O–H groups in total. The van der Waals surface area contributed by atoms with Crippen LogP contribution in [0.15, 0.2) is 0 Å². The maximum Gasteiger partial charge on any atom is 0.137 e. The zero-order valence-corrected chi connectivity index (χ0v) is 7.61. The van der Waals surface area contributed by atoms with Gasteiger partial charge < -0.3 is 5.73 Å². The summed E-state index contributed by atoms with van der Waals surface area (Å²) in [7, 11) is 0. The van der Waals surface area contributed by atoms with Crippen molar-refractivity contribution in [2.24, 2.45) is 5.73 Å². The van der Waals surface area contributed by atoms with Crippen LogP contribution in [0.2, 0.25) is 0 Å². The Hall–Kier alpha value is -0.900. The molecule has 70 valence electrons. The molecule has 3 rings (SSSR count). The summed E-state index contributed by atoms with van der Waals surface area (Å²) in [5.74, 6) is 2.90. The molecule has 0 aromatic carbocycles. The fourth-order valence-electron chi connectivity index (χ4n) is 2.09. The zero-order valence-electron chi connectivity index (χ0n) is 7.61. The summed E-state index contributed by atoms with van der Waals surface area (Å²) in [5.41, 5.74) is 6.04. The lowest BCUT2D eigenvalue weighted by atomic mass is 10.1. The molecule has 1 unspecified atom stereocenters. The first kappa shape index (κ1) is 7.50. The fourth-order valence-corrected chi connectivity index (χ4v) is 2.09. The van der Waals surface area contributed by atoms with Gasteiger partial charge in [0.25, 0.3) is 0 Å². The first-order chi connectivity index (χ1) is 6.36. The van der Waals surface area contributed by atoms with Crippen LogP contribution < -0.4 is 5.73 Å². The Balaban J connectivity index is 2.06. The van der Waals surface area contributed by atoms with Crippen molar-refractivity contribution >= 4 is 0 Å². The molecule has 1 atom stereocenters. The third-order valence-corrected chi connectivity index (χ3v) is 2.97. The minimum Gasteiger partial charge on any atom is -0.311 e. The molecule has 0 bridgehead atoms. The number of rotatable bonds is 1. The molecule has 1 aliphatic carbocycles. The molecule has 13 heavy (non-hydrogen) atoms. The predicted molar refractivity (Wildman–Crippen MR) is 48.2 cm³/mol. The van der Waals surface area contributed by atoms with Crippen LogP contribution in [-0.2, 0) is 6.42 Å². The van der Waals surface area contributed by atoms with Gasteiger partial charge in [-0.25, -0.2) is 0 Å². The Morgan fingerprint density at radius 1 is 1.23 bits per heavy atom. The van der Waals surface area contributed by atoms with E-state index in [1.807, 2.05) is 0 Å². The highest BCUT2D eigenvalue weighted by atomic mass is 15.3. The molecule has 0 saturated heterocycles. The van der Waals surface area contributed by atoms with Gasteiger partial charge in [-0.05, 0) is 25.7 Å². The second-order valence-corrected chi connectivity index (χ2v) is 4.08. The van der Waals surface area contributed by atoms with E-state index in [9.17, 15) is 0 Å². The van der Waals surface area contributed by atoms with Crippen molar-refractivity contribution in [2.75, 3.05) is 0 Å². The minimum atomic E-state index is 0.134. The van der Waals surface area contributed by atoms with Crippen molar-refractivity contribution in [1.29, 1.82) is 0 Å². The van der Waals surface area contributed by atoms with E-state index in [0.29, 0.717) is 5.92 Å². The molecule has 0 spiro atoms. The molecule has 1 fully saturated rings. The van der Waals surface area contributed by atoms with E-state index in [1.54, 1.807) is 0 Å². The molecule has 2 heterocycles. The molecular formula is C9H14N4. The van der Waals surface area contributed by atoms with Crippen LogP contribution in [0.25, 0.3) is 0 Å². The third-order valence-electron chi connectivity index (χ3n) is 2.97. The highest BCUT2D eigenvalue weighted by molar-refractivity contribution is 5.11. The summed E-state index contributed by atoms with van der Waals surface area (Å²) in [6, 6.07) is 0. The normalized spacial score (nSPS) is 27.3. The van der Waals surface area contributed by atoms with Gasteiger partial charge >= 0.3 is 0 Å². The SMILES string of the molecule is NC1CCCc2nnc(C3CC3)n21. The molecule has 2 aliphatic rings. The second-order valence-electron chi connectivity index (χ2n) is 4.08. The minimum absolute atomic E-state index is 0.134. The van der Waals surface area contributed by atoms with Gasteiger partial charge in [0.05, 0.1) is 6.17 Å². The summed E-state index contributed by atoms with van der Waals surface area (Å²) < 4.78 is 2.17. The number of hydrogen-bond donors (Lipinski definition) is 1. The molecule has 4 nitrogen and oxygen atoms in total. The molecule has 1 saturated carbocycles. The quantitative estimate of drug-likeness (QED) is 0.696. The molecule has 1 aromatic heterocycles. The maximum atomic E-state index is 6.04. The second kappa shape index (κ2) is 2.54. The standard InChI is InChI=1S/C9H14N4/c10-7-2-1-3-8-11-12-9(13(7)8)6-4-5-6/h6-7H,1-5,10H2. The van der Waals surface area contributed by atoms with E-state index < -0.39 is 0 Å². The Morgan fingerprint density at radius 3 is 2.85 bits per heavy atom. The Morgan fingerprint density at radius 2 is 2.08 bits per heavy atom. The molecule has 0 amide bonds. The van der Waals surface area contributed by atoms with Gasteiger partial charge in [-0.3, -0.25) is 4.57 Å². The zero-order chi connectivity index (χ0) is 8.84. The van der Waals surface area contributed by atoms with Crippen molar-refractivity contribution in [3.8, 4) is 0 Å². The Bertz CT molecular complexity index is 326. The molecule has 1 aliphatic heterocycles. The fraction of sp³-hybridized carbons (Fsp3) is 0.778. The van der Waals surface area contributed by atoms with Gasteiger partial charge in [-0.15, -0.1) is 10.2 Å². The van der Waals surface area contributed by atoms with Crippen molar-refractivity contribution in [3.05, 3.63) is 11.6 Å². The van der Waals surface area contributed by atoms with Gasteiger partial charge in [-0.2, -0.15) is 0 Å². The van der Waals surface area contributed by atoms with Crippen LogP contribution in [-0.4, -0.2) is 14.8 Å². The highest BCUT2D eigenvalue weighted by Crippen LogP contribution is 2.40. The number of nitrogens with two attached hydrogens (primary N) is 1. The Kier molecular flexibility index (Phi) is 1.47. The van der Waals surface area contributed by atoms with Crippen LogP contribution in [0.1, 0.15) is 49.4 Å². The van der Waals surface area contributed by atoms with Gasteiger partial charge in [0.15, 0.2) is 0 Å². The topological polar surface area (TPSA) is 56.7 Å². The van der Waals surface area contributed by atoms with Crippen molar-refractivity contribution < 1.29 is 0 Å². The van der Waals surface area contributed by atoms with Crippen molar-refractivity contribution in [3.63, 3.8) is 0 Å². The van der Waals surface area contributed by atoms with Gasteiger partial charge in [0, 0.05) is 12.3 Å². The number of hydrogen-bond acceptors (Lipinski definition) is 3. The lowest BCUT2D eigenvalue weighted by Crippen LogP contribution is -2.26. The monoisotopic (exact) mass is 178 g/mol. The average molecular weight is 178 g/mol.